The third kappa shape index (κ3) is 3.74. The maximum absolute atomic E-state index is 6.73. The average Bonchev–Trinajstić information content (AvgIpc) is 3.46. The van der Waals surface area contributed by atoms with Crippen LogP contribution in [0.5, 0.6) is 0 Å². The molecular formula is C23H29N3O. The zero-order valence-corrected chi connectivity index (χ0v) is 16.2. The van der Waals surface area contributed by atoms with Crippen molar-refractivity contribution in [1.82, 2.24) is 14.5 Å². The highest BCUT2D eigenvalue weighted by molar-refractivity contribution is 5.46. The number of aryl methyl sites for hydroxylation is 2. The van der Waals surface area contributed by atoms with E-state index in [-0.39, 0.29) is 6.10 Å². The molecular weight excluding hydrogens is 334 g/mol. The molecule has 0 radical (unpaired) electrons. The third-order valence-corrected chi connectivity index (χ3v) is 6.18. The molecule has 1 aliphatic carbocycles. The molecule has 0 spiro atoms. The monoisotopic (exact) mass is 363 g/mol. The number of rotatable bonds is 4. The third-order valence-electron chi connectivity index (χ3n) is 6.18. The standard InChI is InChI=1S/C23H29N3O/c1-25-13-11-20(12-14-25)27-22-21-5-3-2-4-18(21)10-15-26-16-19(24-23(22)26)9-8-17-6-7-17/h2-5,8-9,16-17,20,22H,6-7,10-15H2,1H3. The number of likely N-dealkylation sites (tertiary alicyclic amines) is 1. The number of hydrogen-bond acceptors (Lipinski definition) is 3. The van der Waals surface area contributed by atoms with Gasteiger partial charge < -0.3 is 14.2 Å². The van der Waals surface area contributed by atoms with Crippen molar-refractivity contribution in [3.63, 3.8) is 0 Å². The number of hydrogen-bond donors (Lipinski definition) is 0. The van der Waals surface area contributed by atoms with Crippen molar-refractivity contribution in [3.8, 4) is 0 Å². The van der Waals surface area contributed by atoms with E-state index in [4.69, 9.17) is 9.72 Å². The predicted octanol–water partition coefficient (Wildman–Crippen LogP) is 4.06. The first-order valence-corrected chi connectivity index (χ1v) is 10.4. The summed E-state index contributed by atoms with van der Waals surface area (Å²) in [5, 5.41) is 0. The van der Waals surface area contributed by atoms with Gasteiger partial charge in [-0.3, -0.25) is 0 Å². The van der Waals surface area contributed by atoms with E-state index < -0.39 is 0 Å². The van der Waals surface area contributed by atoms with E-state index >= 15 is 0 Å². The van der Waals surface area contributed by atoms with E-state index in [0.717, 1.165) is 56.3 Å². The predicted molar refractivity (Wildman–Crippen MR) is 108 cm³/mol. The Labute approximate surface area is 161 Å². The second-order valence-corrected chi connectivity index (χ2v) is 8.38. The summed E-state index contributed by atoms with van der Waals surface area (Å²) in [6.45, 7) is 3.20. The van der Waals surface area contributed by atoms with Gasteiger partial charge in [0, 0.05) is 25.8 Å². The first-order valence-electron chi connectivity index (χ1n) is 10.4. The van der Waals surface area contributed by atoms with Crippen LogP contribution in [0.4, 0.5) is 0 Å². The van der Waals surface area contributed by atoms with Crippen LogP contribution in [0.2, 0.25) is 0 Å². The van der Waals surface area contributed by atoms with Gasteiger partial charge in [-0.15, -0.1) is 0 Å². The first-order chi connectivity index (χ1) is 13.3. The molecule has 3 heterocycles. The van der Waals surface area contributed by atoms with Crippen molar-refractivity contribution in [3.05, 3.63) is 59.2 Å². The molecule has 2 fully saturated rings. The van der Waals surface area contributed by atoms with Gasteiger partial charge in [0.05, 0.1) is 11.8 Å². The number of fused-ring (bicyclic) bond motifs is 2. The van der Waals surface area contributed by atoms with Gasteiger partial charge in [0.2, 0.25) is 0 Å². The number of nitrogens with zero attached hydrogens (tertiary/aromatic N) is 3. The van der Waals surface area contributed by atoms with Crippen LogP contribution in [0.15, 0.2) is 36.5 Å². The van der Waals surface area contributed by atoms with Crippen molar-refractivity contribution in [2.24, 2.45) is 5.92 Å². The van der Waals surface area contributed by atoms with Crippen LogP contribution in [0.25, 0.3) is 6.08 Å². The SMILES string of the molecule is CN1CCC(OC2c3ccccc3CCn3cc(C=CC4CC4)nc32)CC1. The number of ether oxygens (including phenoxy) is 1. The van der Waals surface area contributed by atoms with Crippen LogP contribution < -0.4 is 0 Å². The van der Waals surface area contributed by atoms with E-state index in [0.29, 0.717) is 6.10 Å². The fourth-order valence-corrected chi connectivity index (χ4v) is 4.29. The summed E-state index contributed by atoms with van der Waals surface area (Å²) >= 11 is 0. The largest absolute Gasteiger partial charge is 0.362 e. The van der Waals surface area contributed by atoms with Gasteiger partial charge >= 0.3 is 0 Å². The maximum Gasteiger partial charge on any atom is 0.143 e. The molecule has 0 N–H and O–H groups in total. The Bertz CT molecular complexity index is 828. The first kappa shape index (κ1) is 17.2. The van der Waals surface area contributed by atoms with Crippen LogP contribution in [0.3, 0.4) is 0 Å². The van der Waals surface area contributed by atoms with Crippen molar-refractivity contribution in [1.29, 1.82) is 0 Å². The molecule has 0 amide bonds. The van der Waals surface area contributed by atoms with Crippen LogP contribution in [-0.4, -0.2) is 40.7 Å². The quantitative estimate of drug-likeness (QED) is 0.820. The summed E-state index contributed by atoms with van der Waals surface area (Å²) in [6.07, 6.45) is 12.9. The highest BCUT2D eigenvalue weighted by Crippen LogP contribution is 2.35. The Kier molecular flexibility index (Phi) is 4.62. The van der Waals surface area contributed by atoms with Gasteiger partial charge in [0.15, 0.2) is 0 Å². The molecule has 5 rings (SSSR count). The lowest BCUT2D eigenvalue weighted by atomic mass is 10.00. The summed E-state index contributed by atoms with van der Waals surface area (Å²) in [4.78, 5) is 7.40. The lowest BCUT2D eigenvalue weighted by Gasteiger charge is -2.32. The van der Waals surface area contributed by atoms with E-state index in [2.05, 4.69) is 59.1 Å². The number of allylic oxidation sites excluding steroid dienone is 1. The maximum atomic E-state index is 6.73. The lowest BCUT2D eigenvalue weighted by molar-refractivity contribution is -0.0275. The Morgan fingerprint density at radius 3 is 2.70 bits per heavy atom. The molecule has 3 aliphatic rings. The molecule has 4 heteroatoms. The second-order valence-electron chi connectivity index (χ2n) is 8.38. The summed E-state index contributed by atoms with van der Waals surface area (Å²) in [6, 6.07) is 8.76. The molecule has 1 aromatic heterocycles. The van der Waals surface area contributed by atoms with Crippen molar-refractivity contribution in [2.75, 3.05) is 20.1 Å². The summed E-state index contributed by atoms with van der Waals surface area (Å²) in [5.41, 5.74) is 3.78. The smallest absolute Gasteiger partial charge is 0.143 e. The molecule has 1 aromatic carbocycles. The molecule has 1 saturated heterocycles. The molecule has 2 aromatic rings. The molecule has 142 valence electrons. The van der Waals surface area contributed by atoms with Gasteiger partial charge in [-0.1, -0.05) is 30.3 Å². The Morgan fingerprint density at radius 2 is 1.89 bits per heavy atom. The Morgan fingerprint density at radius 1 is 1.07 bits per heavy atom. The molecule has 2 aliphatic heterocycles. The average molecular weight is 364 g/mol. The van der Waals surface area contributed by atoms with Crippen LogP contribution >= 0.6 is 0 Å². The molecule has 1 unspecified atom stereocenters. The van der Waals surface area contributed by atoms with E-state index in [9.17, 15) is 0 Å². The number of benzene rings is 1. The van der Waals surface area contributed by atoms with Crippen molar-refractivity contribution >= 4 is 6.08 Å². The van der Waals surface area contributed by atoms with Crippen LogP contribution in [0, 0.1) is 5.92 Å². The fourth-order valence-electron chi connectivity index (χ4n) is 4.29. The van der Waals surface area contributed by atoms with Gasteiger partial charge in [-0.25, -0.2) is 4.98 Å². The Hall–Kier alpha value is -1.91. The highest BCUT2D eigenvalue weighted by Gasteiger charge is 2.30. The minimum absolute atomic E-state index is 0.0554. The normalized spacial score (nSPS) is 24.0. The Balaban J connectivity index is 1.47. The topological polar surface area (TPSA) is 30.3 Å². The van der Waals surface area contributed by atoms with Gasteiger partial charge in [-0.2, -0.15) is 0 Å². The minimum Gasteiger partial charge on any atom is -0.362 e. The lowest BCUT2D eigenvalue weighted by Crippen LogP contribution is -2.35. The van der Waals surface area contributed by atoms with E-state index in [1.807, 2.05) is 0 Å². The molecule has 27 heavy (non-hydrogen) atoms. The zero-order valence-electron chi connectivity index (χ0n) is 16.2. The second kappa shape index (κ2) is 7.25. The highest BCUT2D eigenvalue weighted by atomic mass is 16.5. The van der Waals surface area contributed by atoms with E-state index in [1.165, 1.54) is 24.0 Å². The minimum atomic E-state index is -0.0554. The van der Waals surface area contributed by atoms with Crippen molar-refractivity contribution in [2.45, 2.75) is 50.9 Å². The van der Waals surface area contributed by atoms with Crippen molar-refractivity contribution < 1.29 is 4.74 Å². The fraction of sp³-hybridized carbons (Fsp3) is 0.522. The van der Waals surface area contributed by atoms with Gasteiger partial charge in [0.1, 0.15) is 11.9 Å². The summed E-state index contributed by atoms with van der Waals surface area (Å²) < 4.78 is 9.06. The number of piperidine rings is 1. The van der Waals surface area contributed by atoms with E-state index in [1.54, 1.807) is 0 Å². The molecule has 0 bridgehead atoms. The number of imidazole rings is 1. The molecule has 1 saturated carbocycles. The summed E-state index contributed by atoms with van der Waals surface area (Å²) in [5.74, 6) is 1.85. The van der Waals surface area contributed by atoms with Gasteiger partial charge in [0.25, 0.3) is 0 Å². The molecule has 1 atom stereocenters. The summed E-state index contributed by atoms with van der Waals surface area (Å²) in [7, 11) is 2.20. The number of aromatic nitrogens is 2. The van der Waals surface area contributed by atoms with Crippen LogP contribution in [-0.2, 0) is 17.7 Å². The zero-order chi connectivity index (χ0) is 18.2. The molecule has 4 nitrogen and oxygen atoms in total. The van der Waals surface area contributed by atoms with Crippen LogP contribution in [0.1, 0.15) is 54.4 Å². The van der Waals surface area contributed by atoms with Gasteiger partial charge in [-0.05, 0) is 62.3 Å².